The van der Waals surface area contributed by atoms with Crippen LogP contribution in [0.15, 0.2) is 46.9 Å². The number of carbonyl (C=O) groups excluding carboxylic acids is 2. The van der Waals surface area contributed by atoms with Gasteiger partial charge in [-0.2, -0.15) is 0 Å². The van der Waals surface area contributed by atoms with E-state index in [-0.39, 0.29) is 24.2 Å². The van der Waals surface area contributed by atoms with E-state index in [0.717, 1.165) is 27.8 Å². The second-order valence-electron chi connectivity index (χ2n) is 6.03. The number of carbonyl (C=O) groups is 2. The highest BCUT2D eigenvalue weighted by Gasteiger charge is 2.35. The number of amides is 2. The summed E-state index contributed by atoms with van der Waals surface area (Å²) in [5, 5.41) is 3.54. The lowest BCUT2D eigenvalue weighted by atomic mass is 10.1. The number of aryl methyl sites for hydroxylation is 1. The Hall–Kier alpha value is -1.85. The molecule has 2 aromatic carbocycles. The lowest BCUT2D eigenvalue weighted by molar-refractivity contribution is -0.122. The van der Waals surface area contributed by atoms with Crippen LogP contribution in [-0.4, -0.2) is 18.4 Å². The first-order valence-corrected chi connectivity index (χ1v) is 9.30. The third kappa shape index (κ3) is 4.05. The Kier molecular flexibility index (Phi) is 5.45. The summed E-state index contributed by atoms with van der Waals surface area (Å²) in [5.41, 5.74) is 2.58. The minimum Gasteiger partial charge on any atom is -0.326 e. The van der Waals surface area contributed by atoms with Crippen molar-refractivity contribution in [2.24, 2.45) is 5.92 Å². The van der Waals surface area contributed by atoms with E-state index in [4.69, 9.17) is 11.6 Å². The first-order chi connectivity index (χ1) is 12.0. The molecule has 0 saturated carbocycles. The van der Waals surface area contributed by atoms with Crippen LogP contribution in [0.2, 0.25) is 5.02 Å². The molecule has 25 heavy (non-hydrogen) atoms. The molecule has 2 amide bonds. The highest BCUT2D eigenvalue weighted by atomic mass is 79.9. The topological polar surface area (TPSA) is 49.4 Å². The molecular formula is C19H18BrClN2O2. The van der Waals surface area contributed by atoms with Crippen LogP contribution in [0.25, 0.3) is 0 Å². The van der Waals surface area contributed by atoms with Crippen LogP contribution in [0.1, 0.15) is 18.9 Å². The number of nitrogens with zero attached hydrogens (tertiary/aromatic N) is 1. The molecule has 1 heterocycles. The van der Waals surface area contributed by atoms with E-state index in [2.05, 4.69) is 21.2 Å². The molecule has 3 rings (SSSR count). The standard InChI is InChI=1S/C19H18BrClN2O2/c1-2-12-8-14(20)6-7-17(12)22-19(25)13-9-18(24)23(11-13)16-5-3-4-15(21)10-16/h3-8,10,13H,2,9,11H2,1H3,(H,22,25)/t13-/m0/s1. The third-order valence-corrected chi connectivity index (χ3v) is 5.05. The number of rotatable bonds is 4. The molecule has 1 fully saturated rings. The van der Waals surface area contributed by atoms with Gasteiger partial charge in [-0.25, -0.2) is 0 Å². The van der Waals surface area contributed by atoms with Gasteiger partial charge in [0.1, 0.15) is 0 Å². The third-order valence-electron chi connectivity index (χ3n) is 4.32. The van der Waals surface area contributed by atoms with Crippen molar-refractivity contribution in [2.45, 2.75) is 19.8 Å². The van der Waals surface area contributed by atoms with Gasteiger partial charge in [0, 0.05) is 33.8 Å². The zero-order chi connectivity index (χ0) is 18.0. The van der Waals surface area contributed by atoms with Gasteiger partial charge in [0.25, 0.3) is 0 Å². The Bertz CT molecular complexity index is 825. The summed E-state index contributed by atoms with van der Waals surface area (Å²) >= 11 is 9.44. The number of hydrogen-bond donors (Lipinski definition) is 1. The Morgan fingerprint density at radius 2 is 2.12 bits per heavy atom. The lowest BCUT2D eigenvalue weighted by Gasteiger charge is -2.17. The molecule has 1 aliphatic heterocycles. The first kappa shape index (κ1) is 18.0. The molecule has 1 N–H and O–H groups in total. The molecule has 6 heteroatoms. The van der Waals surface area contributed by atoms with E-state index in [1.807, 2.05) is 31.2 Å². The molecule has 0 radical (unpaired) electrons. The summed E-state index contributed by atoms with van der Waals surface area (Å²) in [5.74, 6) is -0.566. The van der Waals surface area contributed by atoms with Crippen LogP contribution in [-0.2, 0) is 16.0 Å². The predicted molar refractivity (Wildman–Crippen MR) is 104 cm³/mol. The molecule has 1 atom stereocenters. The fourth-order valence-corrected chi connectivity index (χ4v) is 3.58. The molecule has 0 bridgehead atoms. The second-order valence-corrected chi connectivity index (χ2v) is 7.38. The fraction of sp³-hybridized carbons (Fsp3) is 0.263. The van der Waals surface area contributed by atoms with Crippen molar-refractivity contribution in [1.82, 2.24) is 0 Å². The molecule has 1 aliphatic rings. The summed E-state index contributed by atoms with van der Waals surface area (Å²) in [6.45, 7) is 2.40. The number of halogens is 2. The summed E-state index contributed by atoms with van der Waals surface area (Å²) in [4.78, 5) is 26.6. The molecule has 0 aliphatic carbocycles. The molecule has 1 saturated heterocycles. The molecule has 0 unspecified atom stereocenters. The maximum absolute atomic E-state index is 12.6. The van der Waals surface area contributed by atoms with E-state index in [1.165, 1.54) is 0 Å². The summed E-state index contributed by atoms with van der Waals surface area (Å²) < 4.78 is 0.977. The van der Waals surface area contributed by atoms with Crippen LogP contribution < -0.4 is 10.2 Å². The van der Waals surface area contributed by atoms with E-state index in [0.29, 0.717) is 11.6 Å². The van der Waals surface area contributed by atoms with Gasteiger partial charge in [-0.1, -0.05) is 40.5 Å². The van der Waals surface area contributed by atoms with Crippen molar-refractivity contribution in [3.8, 4) is 0 Å². The normalized spacial score (nSPS) is 17.0. The monoisotopic (exact) mass is 420 g/mol. The van der Waals surface area contributed by atoms with Crippen LogP contribution in [0.5, 0.6) is 0 Å². The average Bonchev–Trinajstić information content (AvgIpc) is 2.98. The van der Waals surface area contributed by atoms with Crippen LogP contribution >= 0.6 is 27.5 Å². The van der Waals surface area contributed by atoms with Crippen LogP contribution in [0.4, 0.5) is 11.4 Å². The van der Waals surface area contributed by atoms with Gasteiger partial charge in [0.05, 0.1) is 5.92 Å². The van der Waals surface area contributed by atoms with Gasteiger partial charge in [-0.15, -0.1) is 0 Å². The van der Waals surface area contributed by atoms with Crippen molar-refractivity contribution < 1.29 is 9.59 Å². The smallest absolute Gasteiger partial charge is 0.229 e. The molecule has 0 spiro atoms. The lowest BCUT2D eigenvalue weighted by Crippen LogP contribution is -2.28. The molecular weight excluding hydrogens is 404 g/mol. The Morgan fingerprint density at radius 1 is 1.32 bits per heavy atom. The van der Waals surface area contributed by atoms with Gasteiger partial charge in [-0.05, 0) is 48.4 Å². The van der Waals surface area contributed by atoms with Crippen LogP contribution in [0, 0.1) is 5.92 Å². The Labute approximate surface area is 160 Å². The second kappa shape index (κ2) is 7.58. The first-order valence-electron chi connectivity index (χ1n) is 8.13. The van der Waals surface area contributed by atoms with E-state index in [1.54, 1.807) is 23.1 Å². The zero-order valence-electron chi connectivity index (χ0n) is 13.8. The van der Waals surface area contributed by atoms with Gasteiger partial charge < -0.3 is 10.2 Å². The van der Waals surface area contributed by atoms with Gasteiger partial charge >= 0.3 is 0 Å². The van der Waals surface area contributed by atoms with E-state index < -0.39 is 0 Å². The van der Waals surface area contributed by atoms with Gasteiger partial charge in [-0.3, -0.25) is 9.59 Å². The van der Waals surface area contributed by atoms with Crippen molar-refractivity contribution in [3.05, 3.63) is 57.5 Å². The molecule has 130 valence electrons. The van der Waals surface area contributed by atoms with Crippen LogP contribution in [0.3, 0.4) is 0 Å². The average molecular weight is 422 g/mol. The van der Waals surface area contributed by atoms with E-state index in [9.17, 15) is 9.59 Å². The Balaban J connectivity index is 1.73. The molecule has 4 nitrogen and oxygen atoms in total. The van der Waals surface area contributed by atoms with E-state index >= 15 is 0 Å². The van der Waals surface area contributed by atoms with Gasteiger partial charge in [0.15, 0.2) is 0 Å². The number of nitrogens with one attached hydrogen (secondary N) is 1. The van der Waals surface area contributed by atoms with Crippen molar-refractivity contribution in [1.29, 1.82) is 0 Å². The number of anilines is 2. The SMILES string of the molecule is CCc1cc(Br)ccc1NC(=O)[C@H]1CC(=O)N(c2cccc(Cl)c2)C1. The fourth-order valence-electron chi connectivity index (χ4n) is 2.99. The zero-order valence-corrected chi connectivity index (χ0v) is 16.1. The molecule has 0 aromatic heterocycles. The summed E-state index contributed by atoms with van der Waals surface area (Å²) in [6, 6.07) is 12.9. The molecule has 2 aromatic rings. The quantitative estimate of drug-likeness (QED) is 0.781. The summed E-state index contributed by atoms with van der Waals surface area (Å²) in [6.07, 6.45) is 1.02. The number of benzene rings is 2. The van der Waals surface area contributed by atoms with Crippen molar-refractivity contribution >= 4 is 50.7 Å². The number of hydrogen-bond acceptors (Lipinski definition) is 2. The maximum atomic E-state index is 12.6. The Morgan fingerprint density at radius 3 is 2.84 bits per heavy atom. The highest BCUT2D eigenvalue weighted by molar-refractivity contribution is 9.10. The van der Waals surface area contributed by atoms with Gasteiger partial charge in [0.2, 0.25) is 11.8 Å². The summed E-state index contributed by atoms with van der Waals surface area (Å²) in [7, 11) is 0. The van der Waals surface area contributed by atoms with Crippen molar-refractivity contribution in [2.75, 3.05) is 16.8 Å². The largest absolute Gasteiger partial charge is 0.326 e. The van der Waals surface area contributed by atoms with Crippen molar-refractivity contribution in [3.63, 3.8) is 0 Å². The minimum atomic E-state index is -0.375. The minimum absolute atomic E-state index is 0.0612. The predicted octanol–water partition coefficient (Wildman–Crippen LogP) is 4.66. The maximum Gasteiger partial charge on any atom is 0.229 e. The highest BCUT2D eigenvalue weighted by Crippen LogP contribution is 2.29.